The Morgan fingerprint density at radius 2 is 2.08 bits per heavy atom. The maximum Gasteiger partial charge on any atom is 0.123 e. The Hall–Kier alpha value is -1.21. The van der Waals surface area contributed by atoms with Crippen molar-refractivity contribution in [3.63, 3.8) is 0 Å². The van der Waals surface area contributed by atoms with E-state index in [1.807, 2.05) is 13.8 Å². The predicted octanol–water partition coefficient (Wildman–Crippen LogP) is 1.83. The zero-order valence-electron chi connectivity index (χ0n) is 14.5. The van der Waals surface area contributed by atoms with Crippen LogP contribution in [0.25, 0.3) is 0 Å². The third kappa shape index (κ3) is 5.41. The van der Waals surface area contributed by atoms with Gasteiger partial charge in [0, 0.05) is 38.0 Å². The summed E-state index contributed by atoms with van der Waals surface area (Å²) in [5.41, 5.74) is 1.86. The summed E-state index contributed by atoms with van der Waals surface area (Å²) in [4.78, 5) is 2.19. The van der Waals surface area contributed by atoms with E-state index < -0.39 is 6.10 Å². The molecule has 2 atom stereocenters. The lowest BCUT2D eigenvalue weighted by Crippen LogP contribution is -2.37. The van der Waals surface area contributed by atoms with Crippen LogP contribution in [0.3, 0.4) is 0 Å². The molecule has 1 aromatic rings. The molecule has 0 saturated carbocycles. The maximum absolute atomic E-state index is 13.7. The van der Waals surface area contributed by atoms with E-state index in [1.165, 1.54) is 6.07 Å². The number of hydrogen-bond donors (Lipinski definition) is 3. The van der Waals surface area contributed by atoms with E-state index in [4.69, 9.17) is 4.74 Å². The normalized spacial score (nSPS) is 18.6. The van der Waals surface area contributed by atoms with Gasteiger partial charge in [0.05, 0.1) is 18.8 Å². The summed E-state index contributed by atoms with van der Waals surface area (Å²) in [6.45, 7) is 6.62. The van der Waals surface area contributed by atoms with E-state index in [1.54, 1.807) is 12.1 Å². The quantitative estimate of drug-likeness (QED) is 0.674. The molecule has 3 N–H and O–H groups in total. The lowest BCUT2D eigenvalue weighted by atomic mass is 10.0. The Balaban J connectivity index is 2.03. The molecule has 2 rings (SSSR count). The molecule has 0 radical (unpaired) electrons. The second-order valence-electron chi connectivity index (χ2n) is 6.36. The second-order valence-corrected chi connectivity index (χ2v) is 6.36. The van der Waals surface area contributed by atoms with Gasteiger partial charge in [-0.1, -0.05) is 0 Å². The average molecular weight is 340 g/mol. The minimum atomic E-state index is -0.588. The lowest BCUT2D eigenvalue weighted by Gasteiger charge is -2.34. The van der Waals surface area contributed by atoms with Crippen LogP contribution in [0.5, 0.6) is 0 Å². The summed E-state index contributed by atoms with van der Waals surface area (Å²) >= 11 is 0. The van der Waals surface area contributed by atoms with Gasteiger partial charge in [-0.3, -0.25) is 0 Å². The van der Waals surface area contributed by atoms with Gasteiger partial charge in [0.2, 0.25) is 0 Å². The standard InChI is InChI=1S/C18H29FN2O3/c1-3-24-12-16(23)11-20-13(2)17-10-14(19)4-5-18(17)21-8-6-15(22)7-9-21/h4-5,10,13,15-16,20,22-23H,3,6-9,11-12H2,1-2H3. The Kier molecular flexibility index (Phi) is 7.42. The van der Waals surface area contributed by atoms with Crippen LogP contribution in [0.2, 0.25) is 0 Å². The van der Waals surface area contributed by atoms with Crippen molar-refractivity contribution in [3.8, 4) is 0 Å². The summed E-state index contributed by atoms with van der Waals surface area (Å²) in [7, 11) is 0. The predicted molar refractivity (Wildman–Crippen MR) is 92.8 cm³/mol. The number of rotatable bonds is 8. The van der Waals surface area contributed by atoms with Crippen molar-refractivity contribution in [2.45, 2.75) is 44.9 Å². The van der Waals surface area contributed by atoms with Crippen LogP contribution in [0.15, 0.2) is 18.2 Å². The molecule has 0 amide bonds. The summed E-state index contributed by atoms with van der Waals surface area (Å²) in [6, 6.07) is 4.73. The first-order valence-electron chi connectivity index (χ1n) is 8.73. The molecule has 1 saturated heterocycles. The van der Waals surface area contributed by atoms with Gasteiger partial charge in [-0.05, 0) is 50.5 Å². The van der Waals surface area contributed by atoms with Crippen molar-refractivity contribution in [1.82, 2.24) is 5.32 Å². The molecule has 0 aromatic heterocycles. The van der Waals surface area contributed by atoms with Crippen molar-refractivity contribution in [2.75, 3.05) is 37.7 Å². The highest BCUT2D eigenvalue weighted by molar-refractivity contribution is 5.55. The fourth-order valence-electron chi connectivity index (χ4n) is 3.00. The molecule has 1 aliphatic heterocycles. The molecular weight excluding hydrogens is 311 g/mol. The minimum absolute atomic E-state index is 0.0983. The van der Waals surface area contributed by atoms with E-state index in [9.17, 15) is 14.6 Å². The number of aliphatic hydroxyl groups is 2. The largest absolute Gasteiger partial charge is 0.393 e. The maximum atomic E-state index is 13.7. The second kappa shape index (κ2) is 9.32. The zero-order chi connectivity index (χ0) is 17.5. The third-order valence-corrected chi connectivity index (χ3v) is 4.44. The number of hydrogen-bond acceptors (Lipinski definition) is 5. The molecule has 1 fully saturated rings. The van der Waals surface area contributed by atoms with Gasteiger partial charge in [-0.2, -0.15) is 0 Å². The first kappa shape index (κ1) is 19.1. The summed E-state index contributed by atoms with van der Waals surface area (Å²) in [6.07, 6.45) is 0.626. The van der Waals surface area contributed by atoms with Gasteiger partial charge < -0.3 is 25.2 Å². The van der Waals surface area contributed by atoms with Crippen LogP contribution in [-0.4, -0.2) is 55.3 Å². The number of halogens is 1. The van der Waals surface area contributed by atoms with Crippen LogP contribution < -0.4 is 10.2 Å². The first-order chi connectivity index (χ1) is 11.5. The Bertz CT molecular complexity index is 507. The van der Waals surface area contributed by atoms with Gasteiger partial charge in [0.25, 0.3) is 0 Å². The Labute approximate surface area is 143 Å². The van der Waals surface area contributed by atoms with Crippen LogP contribution in [0, 0.1) is 5.82 Å². The van der Waals surface area contributed by atoms with E-state index >= 15 is 0 Å². The third-order valence-electron chi connectivity index (χ3n) is 4.44. The number of anilines is 1. The summed E-state index contributed by atoms with van der Waals surface area (Å²) < 4.78 is 18.9. The van der Waals surface area contributed by atoms with Crippen molar-refractivity contribution < 1.29 is 19.3 Å². The topological polar surface area (TPSA) is 65.0 Å². The molecule has 136 valence electrons. The molecule has 1 heterocycles. The van der Waals surface area contributed by atoms with Gasteiger partial charge >= 0.3 is 0 Å². The van der Waals surface area contributed by atoms with Gasteiger partial charge in [0.1, 0.15) is 5.82 Å². The van der Waals surface area contributed by atoms with Crippen LogP contribution in [0.4, 0.5) is 10.1 Å². The van der Waals surface area contributed by atoms with Crippen LogP contribution >= 0.6 is 0 Å². The van der Waals surface area contributed by atoms with Gasteiger partial charge in [-0.15, -0.1) is 0 Å². The molecule has 24 heavy (non-hydrogen) atoms. The fourth-order valence-corrected chi connectivity index (χ4v) is 3.00. The number of benzene rings is 1. The van der Waals surface area contributed by atoms with Gasteiger partial charge in [-0.25, -0.2) is 4.39 Å². The molecular formula is C18H29FN2O3. The van der Waals surface area contributed by atoms with Crippen molar-refractivity contribution >= 4 is 5.69 Å². The van der Waals surface area contributed by atoms with E-state index in [-0.39, 0.29) is 24.6 Å². The molecule has 5 nitrogen and oxygen atoms in total. The smallest absolute Gasteiger partial charge is 0.123 e. The SMILES string of the molecule is CCOCC(O)CNC(C)c1cc(F)ccc1N1CCC(O)CC1. The Morgan fingerprint density at radius 1 is 1.38 bits per heavy atom. The molecule has 2 unspecified atom stereocenters. The first-order valence-corrected chi connectivity index (χ1v) is 8.73. The average Bonchev–Trinajstić information content (AvgIpc) is 2.58. The van der Waals surface area contributed by atoms with Crippen molar-refractivity contribution in [2.24, 2.45) is 0 Å². The minimum Gasteiger partial charge on any atom is -0.393 e. The van der Waals surface area contributed by atoms with E-state index in [0.29, 0.717) is 13.2 Å². The number of ether oxygens (including phenoxy) is 1. The zero-order valence-corrected chi connectivity index (χ0v) is 14.5. The van der Waals surface area contributed by atoms with E-state index in [2.05, 4.69) is 10.2 Å². The van der Waals surface area contributed by atoms with Crippen LogP contribution in [0.1, 0.15) is 38.3 Å². The van der Waals surface area contributed by atoms with Crippen molar-refractivity contribution in [1.29, 1.82) is 0 Å². The van der Waals surface area contributed by atoms with Crippen LogP contribution in [-0.2, 0) is 4.74 Å². The Morgan fingerprint density at radius 3 is 2.75 bits per heavy atom. The highest BCUT2D eigenvalue weighted by Gasteiger charge is 2.22. The molecule has 1 aromatic carbocycles. The molecule has 0 spiro atoms. The number of piperidine rings is 1. The fraction of sp³-hybridized carbons (Fsp3) is 0.667. The number of aliphatic hydroxyl groups excluding tert-OH is 2. The molecule has 0 bridgehead atoms. The molecule has 0 aliphatic carbocycles. The molecule has 1 aliphatic rings. The summed E-state index contributed by atoms with van der Waals surface area (Å²) in [5, 5.41) is 22.8. The number of nitrogens with zero attached hydrogens (tertiary/aromatic N) is 1. The lowest BCUT2D eigenvalue weighted by molar-refractivity contribution is 0.0416. The van der Waals surface area contributed by atoms with Crippen molar-refractivity contribution in [3.05, 3.63) is 29.6 Å². The highest BCUT2D eigenvalue weighted by Crippen LogP contribution is 2.29. The monoisotopic (exact) mass is 340 g/mol. The van der Waals surface area contributed by atoms with Gasteiger partial charge in [0.15, 0.2) is 0 Å². The number of nitrogens with one attached hydrogen (secondary N) is 1. The molecule has 6 heteroatoms. The van der Waals surface area contributed by atoms with E-state index in [0.717, 1.165) is 37.2 Å². The highest BCUT2D eigenvalue weighted by atomic mass is 19.1. The summed E-state index contributed by atoms with van der Waals surface area (Å²) in [5.74, 6) is -0.269.